The normalized spacial score (nSPS) is 9.79. The number of ether oxygens (including phenoxy) is 1. The predicted octanol–water partition coefficient (Wildman–Crippen LogP) is 1.59. The largest absolute Gasteiger partial charge is 0.464 e. The number of nitrogens with two attached hydrogens (primary N) is 1. The Morgan fingerprint density at radius 2 is 2.29 bits per heavy atom. The van der Waals surface area contributed by atoms with Gasteiger partial charge in [0.05, 0.1) is 12.3 Å². The van der Waals surface area contributed by atoms with E-state index in [1.807, 2.05) is 6.07 Å². The minimum atomic E-state index is -0.281. The molecular weight excluding hydrogens is 202 g/mol. The first-order valence-electron chi connectivity index (χ1n) is 4.28. The van der Waals surface area contributed by atoms with Crippen LogP contribution in [0.4, 0.5) is 5.69 Å². The van der Waals surface area contributed by atoms with Crippen molar-refractivity contribution in [2.45, 2.75) is 6.42 Å². The lowest BCUT2D eigenvalue weighted by Crippen LogP contribution is -2.09. The third-order valence-corrected chi connectivity index (χ3v) is 1.79. The number of hydrogen-bond donors (Lipinski definition) is 1. The molecule has 0 unspecified atom stereocenters. The summed E-state index contributed by atoms with van der Waals surface area (Å²) in [6, 6.07) is 7.16. The summed E-state index contributed by atoms with van der Waals surface area (Å²) in [5, 5.41) is 0. The lowest BCUT2D eigenvalue weighted by atomic mass is 10.1. The van der Waals surface area contributed by atoms with Gasteiger partial charge in [0.1, 0.15) is 6.61 Å². The fourth-order valence-electron chi connectivity index (χ4n) is 1.07. The summed E-state index contributed by atoms with van der Waals surface area (Å²) in [5.74, 6) is 0.0408. The van der Waals surface area contributed by atoms with Crippen molar-refractivity contribution >= 4 is 23.3 Å². The Labute approximate surface area is 87.8 Å². The molecule has 0 bridgehead atoms. The number of hydrogen-bond acceptors (Lipinski definition) is 3. The molecule has 2 N–H and O–H groups in total. The highest BCUT2D eigenvalue weighted by molar-refractivity contribution is 6.18. The van der Waals surface area contributed by atoms with Crippen molar-refractivity contribution in [3.05, 3.63) is 29.8 Å². The number of carbonyl (C=O) groups excluding carboxylic acids is 1. The second kappa shape index (κ2) is 5.50. The Hall–Kier alpha value is -1.22. The number of halogens is 1. The van der Waals surface area contributed by atoms with Crippen LogP contribution in [0.25, 0.3) is 0 Å². The zero-order valence-corrected chi connectivity index (χ0v) is 8.46. The van der Waals surface area contributed by atoms with Crippen molar-refractivity contribution in [3.63, 3.8) is 0 Å². The van der Waals surface area contributed by atoms with E-state index in [0.29, 0.717) is 11.6 Å². The van der Waals surface area contributed by atoms with E-state index in [9.17, 15) is 4.79 Å². The quantitative estimate of drug-likeness (QED) is 0.470. The molecule has 0 aliphatic rings. The zero-order valence-electron chi connectivity index (χ0n) is 7.70. The van der Waals surface area contributed by atoms with Crippen molar-refractivity contribution in [3.8, 4) is 0 Å². The van der Waals surface area contributed by atoms with Crippen molar-refractivity contribution in [2.75, 3.05) is 18.2 Å². The smallest absolute Gasteiger partial charge is 0.310 e. The number of nitrogen functional groups attached to an aromatic ring is 1. The zero-order chi connectivity index (χ0) is 10.4. The lowest BCUT2D eigenvalue weighted by Gasteiger charge is -2.03. The first-order valence-corrected chi connectivity index (χ1v) is 4.82. The van der Waals surface area contributed by atoms with Crippen LogP contribution in [-0.2, 0) is 16.0 Å². The molecule has 0 saturated heterocycles. The van der Waals surface area contributed by atoms with Gasteiger partial charge in [0, 0.05) is 5.69 Å². The van der Waals surface area contributed by atoms with Crippen molar-refractivity contribution < 1.29 is 9.53 Å². The van der Waals surface area contributed by atoms with E-state index in [1.165, 1.54) is 0 Å². The van der Waals surface area contributed by atoms with Gasteiger partial charge >= 0.3 is 5.97 Å². The Bertz CT molecular complexity index is 315. The van der Waals surface area contributed by atoms with Crippen molar-refractivity contribution in [1.82, 2.24) is 0 Å². The van der Waals surface area contributed by atoms with Crippen LogP contribution < -0.4 is 5.73 Å². The van der Waals surface area contributed by atoms with Crippen LogP contribution in [0.1, 0.15) is 5.56 Å². The van der Waals surface area contributed by atoms with E-state index >= 15 is 0 Å². The summed E-state index contributed by atoms with van der Waals surface area (Å²) in [6.45, 7) is 0.253. The highest BCUT2D eigenvalue weighted by Gasteiger charge is 2.03. The second-order valence-corrected chi connectivity index (χ2v) is 3.21. The molecule has 3 nitrogen and oxygen atoms in total. The van der Waals surface area contributed by atoms with Gasteiger partial charge in [-0.2, -0.15) is 0 Å². The second-order valence-electron chi connectivity index (χ2n) is 2.83. The van der Waals surface area contributed by atoms with Crippen LogP contribution in [0.15, 0.2) is 24.3 Å². The monoisotopic (exact) mass is 213 g/mol. The van der Waals surface area contributed by atoms with E-state index in [4.69, 9.17) is 22.1 Å². The van der Waals surface area contributed by atoms with Crippen LogP contribution in [0.5, 0.6) is 0 Å². The van der Waals surface area contributed by atoms with E-state index in [1.54, 1.807) is 18.2 Å². The molecule has 0 radical (unpaired) electrons. The number of benzene rings is 1. The van der Waals surface area contributed by atoms with Gasteiger partial charge in [-0.15, -0.1) is 11.6 Å². The predicted molar refractivity (Wildman–Crippen MR) is 56.2 cm³/mol. The summed E-state index contributed by atoms with van der Waals surface area (Å²) in [4.78, 5) is 11.2. The molecule has 1 aromatic carbocycles. The van der Waals surface area contributed by atoms with Gasteiger partial charge in [-0.05, 0) is 17.7 Å². The Balaban J connectivity index is 2.47. The lowest BCUT2D eigenvalue weighted by molar-refractivity contribution is -0.142. The van der Waals surface area contributed by atoms with Crippen molar-refractivity contribution in [2.24, 2.45) is 0 Å². The number of carbonyl (C=O) groups is 1. The Morgan fingerprint density at radius 3 is 2.93 bits per heavy atom. The Morgan fingerprint density at radius 1 is 1.50 bits per heavy atom. The molecule has 0 aromatic heterocycles. The van der Waals surface area contributed by atoms with Crippen LogP contribution in [0.3, 0.4) is 0 Å². The number of anilines is 1. The first kappa shape index (κ1) is 10.9. The molecule has 1 rings (SSSR count). The molecule has 0 aliphatic carbocycles. The molecule has 4 heteroatoms. The van der Waals surface area contributed by atoms with E-state index in [-0.39, 0.29) is 19.0 Å². The SMILES string of the molecule is Nc1cccc(CC(=O)OCCCl)c1. The molecule has 76 valence electrons. The summed E-state index contributed by atoms with van der Waals surface area (Å²) in [7, 11) is 0. The van der Waals surface area contributed by atoms with Gasteiger partial charge in [0.15, 0.2) is 0 Å². The maximum absolute atomic E-state index is 11.2. The maximum atomic E-state index is 11.2. The van der Waals surface area contributed by atoms with Gasteiger partial charge in [-0.3, -0.25) is 4.79 Å². The molecule has 0 aliphatic heterocycles. The molecule has 14 heavy (non-hydrogen) atoms. The molecule has 0 fully saturated rings. The van der Waals surface area contributed by atoms with Crippen molar-refractivity contribution in [1.29, 1.82) is 0 Å². The minimum Gasteiger partial charge on any atom is -0.464 e. The van der Waals surface area contributed by atoms with Gasteiger partial charge < -0.3 is 10.5 Å². The van der Waals surface area contributed by atoms with Crippen LogP contribution in [0.2, 0.25) is 0 Å². The molecule has 0 atom stereocenters. The number of rotatable bonds is 4. The summed E-state index contributed by atoms with van der Waals surface area (Å²) in [6.07, 6.45) is 0.238. The molecule has 0 amide bonds. The summed E-state index contributed by atoms with van der Waals surface area (Å²) in [5.41, 5.74) is 7.06. The molecule has 1 aromatic rings. The van der Waals surface area contributed by atoms with Gasteiger partial charge in [0.2, 0.25) is 0 Å². The van der Waals surface area contributed by atoms with Gasteiger partial charge in [-0.1, -0.05) is 12.1 Å². The molecular formula is C10H12ClNO2. The fourth-order valence-corrected chi connectivity index (χ4v) is 1.15. The summed E-state index contributed by atoms with van der Waals surface area (Å²) < 4.78 is 4.82. The average Bonchev–Trinajstić information content (AvgIpc) is 2.15. The van der Waals surface area contributed by atoms with E-state index in [2.05, 4.69) is 0 Å². The maximum Gasteiger partial charge on any atom is 0.310 e. The third kappa shape index (κ3) is 3.66. The van der Waals surface area contributed by atoms with E-state index < -0.39 is 0 Å². The molecule has 0 saturated carbocycles. The Kier molecular flexibility index (Phi) is 4.26. The third-order valence-electron chi connectivity index (χ3n) is 1.64. The topological polar surface area (TPSA) is 52.3 Å². The van der Waals surface area contributed by atoms with Gasteiger partial charge in [-0.25, -0.2) is 0 Å². The average molecular weight is 214 g/mol. The number of esters is 1. The first-order chi connectivity index (χ1) is 6.72. The van der Waals surface area contributed by atoms with Crippen LogP contribution in [-0.4, -0.2) is 18.5 Å². The van der Waals surface area contributed by atoms with Crippen LogP contribution >= 0.6 is 11.6 Å². The fraction of sp³-hybridized carbons (Fsp3) is 0.300. The molecule has 0 heterocycles. The molecule has 0 spiro atoms. The van der Waals surface area contributed by atoms with Crippen LogP contribution in [0, 0.1) is 0 Å². The van der Waals surface area contributed by atoms with E-state index in [0.717, 1.165) is 5.56 Å². The standard InChI is InChI=1S/C10H12ClNO2/c11-4-5-14-10(13)7-8-2-1-3-9(12)6-8/h1-3,6H,4-5,7,12H2. The van der Waals surface area contributed by atoms with Gasteiger partial charge in [0.25, 0.3) is 0 Å². The highest BCUT2D eigenvalue weighted by Crippen LogP contribution is 2.07. The minimum absolute atomic E-state index is 0.238. The highest BCUT2D eigenvalue weighted by atomic mass is 35.5. The number of alkyl halides is 1. The summed E-state index contributed by atoms with van der Waals surface area (Å²) >= 11 is 5.38.